The molecular formula is C22H26N2O3S. The Bertz CT molecular complexity index is 983. The summed E-state index contributed by atoms with van der Waals surface area (Å²) in [5.41, 5.74) is 2.06. The summed E-state index contributed by atoms with van der Waals surface area (Å²) in [7, 11) is -3.90. The van der Waals surface area contributed by atoms with Gasteiger partial charge in [-0.25, -0.2) is 13.1 Å². The molecule has 0 saturated carbocycles. The summed E-state index contributed by atoms with van der Waals surface area (Å²) in [4.78, 5) is -0.349. The molecule has 28 heavy (non-hydrogen) atoms. The molecule has 0 aromatic heterocycles. The van der Waals surface area contributed by atoms with Crippen LogP contribution in [0.5, 0.6) is 5.75 Å². The molecule has 0 spiro atoms. The summed E-state index contributed by atoms with van der Waals surface area (Å²) in [5.74, 6) is 0.144. The average molecular weight is 399 g/mol. The van der Waals surface area contributed by atoms with E-state index < -0.39 is 10.0 Å². The van der Waals surface area contributed by atoms with E-state index in [1.807, 2.05) is 51.1 Å². The number of sulfonamides is 1. The predicted molar refractivity (Wildman–Crippen MR) is 112 cm³/mol. The van der Waals surface area contributed by atoms with Crippen molar-refractivity contribution in [3.63, 3.8) is 0 Å². The molecule has 0 atom stereocenters. The van der Waals surface area contributed by atoms with Gasteiger partial charge < -0.3 is 5.11 Å². The standard InChI is InChI=1S/C22H26N2O3S/c1-22(2,3)20-15-18(11-12-21(20)25)14-19(16-23)28(26,27)24-13-7-10-17-8-5-4-6-9-17/h4-6,8-9,11-12,14-15,24-25H,7,10,13H2,1-3H3. The Balaban J connectivity index is 2.11. The third-order valence-electron chi connectivity index (χ3n) is 4.30. The number of aromatic hydroxyl groups is 1. The number of hydrogen-bond donors (Lipinski definition) is 2. The molecule has 0 saturated heterocycles. The first-order valence-corrected chi connectivity index (χ1v) is 10.6. The lowest BCUT2D eigenvalue weighted by atomic mass is 9.85. The molecule has 5 nitrogen and oxygen atoms in total. The smallest absolute Gasteiger partial charge is 0.250 e. The van der Waals surface area contributed by atoms with Gasteiger partial charge in [-0.2, -0.15) is 5.26 Å². The number of benzene rings is 2. The third-order valence-corrected chi connectivity index (χ3v) is 5.68. The molecule has 0 aliphatic carbocycles. The van der Waals surface area contributed by atoms with Crippen molar-refractivity contribution in [2.24, 2.45) is 0 Å². The normalized spacial score (nSPS) is 12.6. The fourth-order valence-corrected chi connectivity index (χ4v) is 3.77. The van der Waals surface area contributed by atoms with Gasteiger partial charge in [0.1, 0.15) is 11.8 Å². The van der Waals surface area contributed by atoms with Crippen LogP contribution in [0.1, 0.15) is 43.9 Å². The van der Waals surface area contributed by atoms with Gasteiger partial charge in [0.25, 0.3) is 10.0 Å². The van der Waals surface area contributed by atoms with E-state index in [1.165, 1.54) is 12.1 Å². The Kier molecular flexibility index (Phi) is 7.00. The van der Waals surface area contributed by atoms with Crippen molar-refractivity contribution in [3.8, 4) is 11.8 Å². The van der Waals surface area contributed by atoms with Gasteiger partial charge in [-0.3, -0.25) is 0 Å². The number of rotatable bonds is 7. The fraction of sp³-hybridized carbons (Fsp3) is 0.318. The average Bonchev–Trinajstić information content (AvgIpc) is 2.64. The number of nitrogens with one attached hydrogen (secondary N) is 1. The van der Waals surface area contributed by atoms with Crippen LogP contribution in [0.4, 0.5) is 0 Å². The van der Waals surface area contributed by atoms with Gasteiger partial charge in [-0.15, -0.1) is 0 Å². The second-order valence-corrected chi connectivity index (χ2v) is 9.37. The van der Waals surface area contributed by atoms with Crippen LogP contribution in [0.25, 0.3) is 6.08 Å². The lowest BCUT2D eigenvalue weighted by molar-refractivity contribution is 0.446. The Morgan fingerprint density at radius 2 is 1.86 bits per heavy atom. The predicted octanol–water partition coefficient (Wildman–Crippen LogP) is 4.11. The Morgan fingerprint density at radius 1 is 1.18 bits per heavy atom. The highest BCUT2D eigenvalue weighted by atomic mass is 32.2. The van der Waals surface area contributed by atoms with Gasteiger partial charge in [-0.1, -0.05) is 57.2 Å². The molecule has 2 aromatic carbocycles. The zero-order valence-corrected chi connectivity index (χ0v) is 17.3. The van der Waals surface area contributed by atoms with Gasteiger partial charge in [-0.05, 0) is 53.2 Å². The summed E-state index contributed by atoms with van der Waals surface area (Å²) in [5, 5.41) is 19.4. The van der Waals surface area contributed by atoms with Crippen molar-refractivity contribution < 1.29 is 13.5 Å². The molecule has 2 N–H and O–H groups in total. The molecule has 2 aromatic rings. The molecule has 0 bridgehead atoms. The van der Waals surface area contributed by atoms with E-state index in [0.29, 0.717) is 17.5 Å². The molecule has 0 radical (unpaired) electrons. The number of nitriles is 1. The summed E-state index contributed by atoms with van der Waals surface area (Å²) in [6.45, 7) is 6.10. The zero-order valence-electron chi connectivity index (χ0n) is 16.4. The minimum Gasteiger partial charge on any atom is -0.508 e. The number of hydrogen-bond acceptors (Lipinski definition) is 4. The molecule has 0 aliphatic heterocycles. The Morgan fingerprint density at radius 3 is 2.46 bits per heavy atom. The van der Waals surface area contributed by atoms with E-state index in [9.17, 15) is 18.8 Å². The van der Waals surface area contributed by atoms with Gasteiger partial charge in [0.05, 0.1) is 0 Å². The van der Waals surface area contributed by atoms with Gasteiger partial charge >= 0.3 is 0 Å². The molecule has 2 rings (SSSR count). The quantitative estimate of drug-likeness (QED) is 0.542. The van der Waals surface area contributed by atoms with E-state index in [-0.39, 0.29) is 22.6 Å². The maximum Gasteiger partial charge on any atom is 0.250 e. The summed E-state index contributed by atoms with van der Waals surface area (Å²) in [6.07, 6.45) is 2.71. The summed E-state index contributed by atoms with van der Waals surface area (Å²) >= 11 is 0. The first kappa shape index (κ1) is 21.7. The van der Waals surface area contributed by atoms with Crippen LogP contribution in [0.3, 0.4) is 0 Å². The van der Waals surface area contributed by atoms with Crippen LogP contribution in [0.2, 0.25) is 0 Å². The second-order valence-electron chi connectivity index (χ2n) is 7.63. The van der Waals surface area contributed by atoms with Crippen molar-refractivity contribution in [3.05, 3.63) is 70.1 Å². The van der Waals surface area contributed by atoms with E-state index in [2.05, 4.69) is 4.72 Å². The van der Waals surface area contributed by atoms with Crippen LogP contribution in [0.15, 0.2) is 53.4 Å². The monoisotopic (exact) mass is 398 g/mol. The molecule has 0 unspecified atom stereocenters. The Labute approximate surface area is 167 Å². The lowest BCUT2D eigenvalue weighted by Gasteiger charge is -2.20. The molecule has 0 aliphatic rings. The molecule has 0 amide bonds. The van der Waals surface area contributed by atoms with Crippen molar-refractivity contribution in [1.29, 1.82) is 5.26 Å². The number of nitrogens with zero attached hydrogens (tertiary/aromatic N) is 1. The SMILES string of the molecule is CC(C)(C)c1cc(C=C(C#N)S(=O)(=O)NCCCc2ccccc2)ccc1O. The van der Waals surface area contributed by atoms with Crippen LogP contribution in [-0.2, 0) is 21.9 Å². The second kappa shape index (κ2) is 9.05. The first-order valence-electron chi connectivity index (χ1n) is 9.12. The largest absolute Gasteiger partial charge is 0.508 e. The molecule has 0 fully saturated rings. The van der Waals surface area contributed by atoms with Gasteiger partial charge in [0, 0.05) is 6.54 Å². The van der Waals surface area contributed by atoms with E-state index in [1.54, 1.807) is 18.2 Å². The van der Waals surface area contributed by atoms with E-state index in [0.717, 1.165) is 12.0 Å². The van der Waals surface area contributed by atoms with Gasteiger partial charge in [0.15, 0.2) is 4.91 Å². The number of allylic oxidation sites excluding steroid dienone is 1. The fourth-order valence-electron chi connectivity index (χ4n) is 2.79. The third kappa shape index (κ3) is 5.95. The first-order chi connectivity index (χ1) is 13.1. The van der Waals surface area contributed by atoms with Crippen molar-refractivity contribution in [2.75, 3.05) is 6.54 Å². The number of aryl methyl sites for hydroxylation is 1. The molecule has 0 heterocycles. The molecule has 6 heteroatoms. The maximum absolute atomic E-state index is 12.5. The maximum atomic E-state index is 12.5. The van der Waals surface area contributed by atoms with Gasteiger partial charge in [0.2, 0.25) is 0 Å². The van der Waals surface area contributed by atoms with Crippen molar-refractivity contribution >= 4 is 16.1 Å². The van der Waals surface area contributed by atoms with Crippen LogP contribution >= 0.6 is 0 Å². The Hall–Kier alpha value is -2.62. The van der Waals surface area contributed by atoms with E-state index in [4.69, 9.17) is 0 Å². The van der Waals surface area contributed by atoms with Crippen molar-refractivity contribution in [2.45, 2.75) is 39.0 Å². The topological polar surface area (TPSA) is 90.2 Å². The minimum atomic E-state index is -3.90. The highest BCUT2D eigenvalue weighted by Gasteiger charge is 2.20. The zero-order chi connectivity index (χ0) is 20.8. The summed E-state index contributed by atoms with van der Waals surface area (Å²) in [6, 6.07) is 16.4. The minimum absolute atomic E-state index is 0.144. The highest BCUT2D eigenvalue weighted by molar-refractivity contribution is 7.93. The number of phenols is 1. The van der Waals surface area contributed by atoms with Crippen LogP contribution in [-0.4, -0.2) is 20.1 Å². The van der Waals surface area contributed by atoms with Crippen molar-refractivity contribution in [1.82, 2.24) is 4.72 Å². The highest BCUT2D eigenvalue weighted by Crippen LogP contribution is 2.31. The molecular weight excluding hydrogens is 372 g/mol. The summed E-state index contributed by atoms with van der Waals surface area (Å²) < 4.78 is 27.4. The van der Waals surface area contributed by atoms with Crippen LogP contribution < -0.4 is 4.72 Å². The molecule has 148 valence electrons. The van der Waals surface area contributed by atoms with E-state index >= 15 is 0 Å². The van der Waals surface area contributed by atoms with Crippen LogP contribution in [0, 0.1) is 11.3 Å². The number of phenolic OH excluding ortho intramolecular Hbond substituents is 1. The lowest BCUT2D eigenvalue weighted by Crippen LogP contribution is -2.26.